The summed E-state index contributed by atoms with van der Waals surface area (Å²) in [6, 6.07) is 9.66. The number of hydrogen-bond donors (Lipinski definition) is 1. The van der Waals surface area contributed by atoms with Crippen molar-refractivity contribution in [3.63, 3.8) is 0 Å². The van der Waals surface area contributed by atoms with Crippen molar-refractivity contribution in [1.29, 1.82) is 0 Å². The molecular weight excluding hydrogens is 172 g/mol. The van der Waals surface area contributed by atoms with E-state index in [1.165, 1.54) is 0 Å². The van der Waals surface area contributed by atoms with E-state index in [2.05, 4.69) is 11.8 Å². The van der Waals surface area contributed by atoms with E-state index >= 15 is 0 Å². The fraction of sp³-hybridized carbons (Fsp3) is 0.231. The number of allylic oxidation sites excluding steroid dienone is 1. The second-order valence-corrected chi connectivity index (χ2v) is 2.96. The Labute approximate surface area is 85.1 Å². The maximum Gasteiger partial charge on any atom is 0.118 e. The van der Waals surface area contributed by atoms with E-state index in [-0.39, 0.29) is 0 Å². The lowest BCUT2D eigenvalue weighted by molar-refractivity contribution is 0.236. The number of benzene rings is 1. The number of aliphatic hydroxyl groups is 1. The van der Waals surface area contributed by atoms with Crippen LogP contribution in [-0.4, -0.2) is 11.2 Å². The van der Waals surface area contributed by atoms with Crippen LogP contribution in [-0.2, 0) is 0 Å². The molecule has 0 aliphatic carbocycles. The van der Waals surface area contributed by atoms with Crippen molar-refractivity contribution >= 4 is 0 Å². The van der Waals surface area contributed by atoms with E-state index in [1.807, 2.05) is 49.4 Å². The summed E-state index contributed by atoms with van der Waals surface area (Å²) in [5.41, 5.74) is 0.937. The molecule has 1 nitrogen and oxygen atoms in total. The van der Waals surface area contributed by atoms with Crippen LogP contribution in [0.2, 0.25) is 0 Å². The zero-order valence-corrected chi connectivity index (χ0v) is 8.27. The van der Waals surface area contributed by atoms with Gasteiger partial charge in [0, 0.05) is 12.0 Å². The van der Waals surface area contributed by atoms with Gasteiger partial charge in [0.2, 0.25) is 0 Å². The first-order valence-corrected chi connectivity index (χ1v) is 4.68. The van der Waals surface area contributed by atoms with E-state index in [0.717, 1.165) is 5.56 Å². The molecule has 0 aromatic heterocycles. The highest BCUT2D eigenvalue weighted by atomic mass is 16.3. The number of aliphatic hydroxyl groups excluding tert-OH is 1. The summed E-state index contributed by atoms with van der Waals surface area (Å²) in [7, 11) is 0. The van der Waals surface area contributed by atoms with Crippen molar-refractivity contribution in [3.8, 4) is 11.8 Å². The summed E-state index contributed by atoms with van der Waals surface area (Å²) in [6.45, 7) is 1.93. The molecule has 0 aliphatic rings. The Morgan fingerprint density at radius 3 is 2.71 bits per heavy atom. The molecule has 1 heteroatoms. The van der Waals surface area contributed by atoms with Gasteiger partial charge in [-0.15, -0.1) is 0 Å². The van der Waals surface area contributed by atoms with Crippen molar-refractivity contribution in [2.75, 3.05) is 0 Å². The van der Waals surface area contributed by atoms with Crippen LogP contribution >= 0.6 is 0 Å². The van der Waals surface area contributed by atoms with Crippen LogP contribution in [0.25, 0.3) is 0 Å². The standard InChI is InChI=1S/C13H14O/c1-2-3-9-13(14)11-10-12-7-5-4-6-8-12/h2-8,13-14H,9H2,1H3/b3-2+. The molecule has 72 valence electrons. The van der Waals surface area contributed by atoms with E-state index < -0.39 is 6.10 Å². The smallest absolute Gasteiger partial charge is 0.118 e. The number of hydrogen-bond acceptors (Lipinski definition) is 1. The molecule has 0 radical (unpaired) electrons. The van der Waals surface area contributed by atoms with Crippen LogP contribution in [0.5, 0.6) is 0 Å². The third kappa shape index (κ3) is 3.93. The summed E-state index contributed by atoms with van der Waals surface area (Å²) in [6.07, 6.45) is 3.85. The molecular formula is C13H14O. The highest BCUT2D eigenvalue weighted by Crippen LogP contribution is 1.96. The lowest BCUT2D eigenvalue weighted by atomic mass is 10.2. The van der Waals surface area contributed by atoms with Crippen LogP contribution in [0.3, 0.4) is 0 Å². The van der Waals surface area contributed by atoms with Gasteiger partial charge < -0.3 is 5.11 Å². The van der Waals surface area contributed by atoms with Gasteiger partial charge in [-0.05, 0) is 19.1 Å². The van der Waals surface area contributed by atoms with E-state index in [9.17, 15) is 5.11 Å². The Morgan fingerprint density at radius 1 is 1.36 bits per heavy atom. The molecule has 0 heterocycles. The van der Waals surface area contributed by atoms with Crippen LogP contribution in [0, 0.1) is 11.8 Å². The summed E-state index contributed by atoms with van der Waals surface area (Å²) in [5, 5.41) is 9.42. The first-order chi connectivity index (χ1) is 6.83. The van der Waals surface area contributed by atoms with Crippen LogP contribution < -0.4 is 0 Å². The first-order valence-electron chi connectivity index (χ1n) is 4.68. The Morgan fingerprint density at radius 2 is 2.07 bits per heavy atom. The maximum atomic E-state index is 9.42. The minimum Gasteiger partial charge on any atom is -0.380 e. The topological polar surface area (TPSA) is 20.2 Å². The van der Waals surface area contributed by atoms with Crippen molar-refractivity contribution in [3.05, 3.63) is 48.0 Å². The highest BCUT2D eigenvalue weighted by Gasteiger charge is 1.93. The van der Waals surface area contributed by atoms with Gasteiger partial charge in [0.05, 0.1) is 0 Å². The van der Waals surface area contributed by atoms with E-state index in [0.29, 0.717) is 6.42 Å². The Balaban J connectivity index is 2.55. The lowest BCUT2D eigenvalue weighted by Crippen LogP contribution is -1.99. The first kappa shape index (κ1) is 10.6. The third-order valence-electron chi connectivity index (χ3n) is 1.75. The van der Waals surface area contributed by atoms with Gasteiger partial charge in [0.25, 0.3) is 0 Å². The average molecular weight is 186 g/mol. The van der Waals surface area contributed by atoms with E-state index in [4.69, 9.17) is 0 Å². The van der Waals surface area contributed by atoms with Gasteiger partial charge >= 0.3 is 0 Å². The molecule has 1 atom stereocenters. The van der Waals surface area contributed by atoms with Crippen molar-refractivity contribution in [1.82, 2.24) is 0 Å². The summed E-state index contributed by atoms with van der Waals surface area (Å²) < 4.78 is 0. The molecule has 1 rings (SSSR count). The van der Waals surface area contributed by atoms with Gasteiger partial charge in [-0.25, -0.2) is 0 Å². The van der Waals surface area contributed by atoms with Crippen molar-refractivity contribution in [2.45, 2.75) is 19.4 Å². The van der Waals surface area contributed by atoms with Crippen molar-refractivity contribution in [2.24, 2.45) is 0 Å². The normalized spacial score (nSPS) is 12.1. The second kappa shape index (κ2) is 6.01. The Kier molecular flexibility index (Phi) is 4.54. The molecule has 0 saturated heterocycles. The predicted molar refractivity (Wildman–Crippen MR) is 58.8 cm³/mol. The monoisotopic (exact) mass is 186 g/mol. The fourth-order valence-electron chi connectivity index (χ4n) is 1.01. The van der Waals surface area contributed by atoms with Gasteiger partial charge in [0.15, 0.2) is 0 Å². The molecule has 1 aromatic carbocycles. The SMILES string of the molecule is C/C=C/CC(O)C#Cc1ccccc1. The molecule has 0 aliphatic heterocycles. The predicted octanol–water partition coefficient (Wildman–Crippen LogP) is 2.37. The minimum absolute atomic E-state index is 0.564. The third-order valence-corrected chi connectivity index (χ3v) is 1.75. The molecule has 0 saturated carbocycles. The summed E-state index contributed by atoms with van der Waals surface area (Å²) >= 11 is 0. The van der Waals surface area contributed by atoms with Crippen LogP contribution in [0.1, 0.15) is 18.9 Å². The molecule has 1 aromatic rings. The van der Waals surface area contributed by atoms with Gasteiger partial charge in [-0.3, -0.25) is 0 Å². The minimum atomic E-state index is -0.564. The largest absolute Gasteiger partial charge is 0.380 e. The van der Waals surface area contributed by atoms with Gasteiger partial charge in [-0.2, -0.15) is 0 Å². The summed E-state index contributed by atoms with van der Waals surface area (Å²) in [5.74, 6) is 5.71. The maximum absolute atomic E-state index is 9.42. The zero-order valence-electron chi connectivity index (χ0n) is 8.27. The van der Waals surface area contributed by atoms with Crippen LogP contribution in [0.4, 0.5) is 0 Å². The van der Waals surface area contributed by atoms with Gasteiger partial charge in [0.1, 0.15) is 6.10 Å². The van der Waals surface area contributed by atoms with Crippen molar-refractivity contribution < 1.29 is 5.11 Å². The molecule has 1 unspecified atom stereocenters. The fourth-order valence-corrected chi connectivity index (χ4v) is 1.01. The van der Waals surface area contributed by atoms with Gasteiger partial charge in [-0.1, -0.05) is 42.2 Å². The molecule has 1 N–H and O–H groups in total. The molecule has 14 heavy (non-hydrogen) atoms. The zero-order chi connectivity index (χ0) is 10.2. The molecule has 0 amide bonds. The number of rotatable bonds is 2. The molecule has 0 fully saturated rings. The quantitative estimate of drug-likeness (QED) is 0.555. The molecule has 0 spiro atoms. The summed E-state index contributed by atoms with van der Waals surface area (Å²) in [4.78, 5) is 0. The van der Waals surface area contributed by atoms with Crippen LogP contribution in [0.15, 0.2) is 42.5 Å². The van der Waals surface area contributed by atoms with E-state index in [1.54, 1.807) is 0 Å². The average Bonchev–Trinajstić information content (AvgIpc) is 2.25. The lowest BCUT2D eigenvalue weighted by Gasteiger charge is -1.95. The molecule has 0 bridgehead atoms. The second-order valence-electron chi connectivity index (χ2n) is 2.96. The highest BCUT2D eigenvalue weighted by molar-refractivity contribution is 5.34. The Bertz CT molecular complexity index is 340. The Hall–Kier alpha value is -1.52.